The van der Waals surface area contributed by atoms with E-state index in [2.05, 4.69) is 12.2 Å². The van der Waals surface area contributed by atoms with Crippen molar-refractivity contribution in [2.75, 3.05) is 0 Å². The zero-order chi connectivity index (χ0) is 19.3. The number of hydrogen-bond acceptors (Lipinski definition) is 4. The second-order valence-electron chi connectivity index (χ2n) is 7.44. The Morgan fingerprint density at radius 3 is 1.59 bits per heavy atom. The van der Waals surface area contributed by atoms with Gasteiger partial charge in [0.15, 0.2) is 0 Å². The van der Waals surface area contributed by atoms with Crippen LogP contribution in [-0.2, 0) is 9.59 Å². The molecule has 4 atom stereocenters. The van der Waals surface area contributed by atoms with Crippen molar-refractivity contribution < 1.29 is 19.8 Å². The Morgan fingerprint density at radius 1 is 0.815 bits per heavy atom. The van der Waals surface area contributed by atoms with Crippen LogP contribution in [0.5, 0.6) is 0 Å². The van der Waals surface area contributed by atoms with E-state index in [4.69, 9.17) is 10.8 Å². The highest BCUT2D eigenvalue weighted by molar-refractivity contribution is 6.21. The number of rotatable bonds is 4. The summed E-state index contributed by atoms with van der Waals surface area (Å²) in [6.45, 7) is 0. The van der Waals surface area contributed by atoms with E-state index in [1.165, 1.54) is 0 Å². The van der Waals surface area contributed by atoms with Gasteiger partial charge in [-0.2, -0.15) is 0 Å². The van der Waals surface area contributed by atoms with Crippen molar-refractivity contribution in [3.63, 3.8) is 0 Å². The molecule has 4 unspecified atom stereocenters. The standard InChI is InChI=1S/C21H20N2O4/c22-14-5-1-3-12(18(14)20(24)25)16-10-7-8-11(9-10)17(16)13-4-2-6-15(23)19(13)21(26)27/h1-4,7-8,10-11,16-17,22-23H,5-6,9H2,(H,24,25)(H,26,27). The molecule has 4 rings (SSSR count). The van der Waals surface area contributed by atoms with Gasteiger partial charge in [0.2, 0.25) is 0 Å². The van der Waals surface area contributed by atoms with Gasteiger partial charge in [0.05, 0.1) is 11.1 Å². The summed E-state index contributed by atoms with van der Waals surface area (Å²) in [5, 5.41) is 35.6. The first-order valence-electron chi connectivity index (χ1n) is 9.02. The molecule has 4 N–H and O–H groups in total. The normalized spacial score (nSPS) is 32.0. The van der Waals surface area contributed by atoms with Crippen LogP contribution in [0.1, 0.15) is 19.3 Å². The van der Waals surface area contributed by atoms with Crippen molar-refractivity contribution in [1.29, 1.82) is 10.8 Å². The van der Waals surface area contributed by atoms with E-state index in [1.54, 1.807) is 12.2 Å². The first-order valence-corrected chi connectivity index (χ1v) is 9.02. The molecule has 1 fully saturated rings. The highest BCUT2D eigenvalue weighted by atomic mass is 16.4. The summed E-state index contributed by atoms with van der Waals surface area (Å²) in [5.41, 5.74) is 1.49. The van der Waals surface area contributed by atoms with Crippen LogP contribution in [-0.4, -0.2) is 33.6 Å². The van der Waals surface area contributed by atoms with Crippen molar-refractivity contribution in [2.45, 2.75) is 19.3 Å². The Morgan fingerprint density at radius 2 is 1.22 bits per heavy atom. The zero-order valence-corrected chi connectivity index (χ0v) is 14.6. The average Bonchev–Trinajstić information content (AvgIpc) is 3.21. The van der Waals surface area contributed by atoms with E-state index in [-0.39, 0.29) is 46.2 Å². The average molecular weight is 364 g/mol. The van der Waals surface area contributed by atoms with Gasteiger partial charge in [0.25, 0.3) is 0 Å². The maximum absolute atomic E-state index is 11.8. The SMILES string of the molecule is N=C1CC=CC(C2C3C=CC(C3)C2C2=C(C(=O)O)C(=N)CC=C2)=C1C(=O)O. The number of aliphatic carboxylic acids is 2. The van der Waals surface area contributed by atoms with Crippen LogP contribution in [0.25, 0.3) is 0 Å². The molecule has 6 nitrogen and oxygen atoms in total. The van der Waals surface area contributed by atoms with Crippen molar-refractivity contribution in [3.8, 4) is 0 Å². The summed E-state index contributed by atoms with van der Waals surface area (Å²) in [5.74, 6) is -2.36. The first kappa shape index (κ1) is 17.4. The van der Waals surface area contributed by atoms with Gasteiger partial charge in [-0.15, -0.1) is 0 Å². The third kappa shape index (κ3) is 2.63. The topological polar surface area (TPSA) is 122 Å². The monoisotopic (exact) mass is 364 g/mol. The van der Waals surface area contributed by atoms with Crippen molar-refractivity contribution in [2.24, 2.45) is 23.7 Å². The lowest BCUT2D eigenvalue weighted by Gasteiger charge is -2.34. The van der Waals surface area contributed by atoms with Gasteiger partial charge in [-0.3, -0.25) is 0 Å². The number of carboxylic acid groups (broad SMARTS) is 2. The van der Waals surface area contributed by atoms with Crippen LogP contribution in [0.4, 0.5) is 0 Å². The van der Waals surface area contributed by atoms with E-state index in [0.29, 0.717) is 24.0 Å². The molecule has 0 aromatic heterocycles. The molecule has 0 heterocycles. The molecule has 4 aliphatic carbocycles. The Labute approximate surface area is 156 Å². The number of hydrogen-bond donors (Lipinski definition) is 4. The number of carboxylic acids is 2. The molecular formula is C21H20N2O4. The molecule has 0 radical (unpaired) electrons. The Kier molecular flexibility index (Phi) is 4.06. The maximum Gasteiger partial charge on any atom is 0.337 e. The summed E-state index contributed by atoms with van der Waals surface area (Å²) in [4.78, 5) is 23.7. The third-order valence-corrected chi connectivity index (χ3v) is 6.02. The molecule has 138 valence electrons. The summed E-state index contributed by atoms with van der Waals surface area (Å²) in [6.07, 6.45) is 12.8. The summed E-state index contributed by atoms with van der Waals surface area (Å²) >= 11 is 0. The summed E-state index contributed by atoms with van der Waals surface area (Å²) < 4.78 is 0. The van der Waals surface area contributed by atoms with Gasteiger partial charge in [-0.05, 0) is 41.2 Å². The minimum absolute atomic E-state index is 0.0424. The van der Waals surface area contributed by atoms with Crippen molar-refractivity contribution in [1.82, 2.24) is 0 Å². The number of allylic oxidation sites excluding steroid dienone is 8. The number of fused-ring (bicyclic) bond motifs is 2. The van der Waals surface area contributed by atoms with E-state index < -0.39 is 11.9 Å². The minimum atomic E-state index is -1.11. The molecule has 0 saturated heterocycles. The van der Waals surface area contributed by atoms with Gasteiger partial charge in [0, 0.05) is 24.3 Å². The van der Waals surface area contributed by atoms with Crippen LogP contribution in [0, 0.1) is 34.5 Å². The number of nitrogens with one attached hydrogen (secondary N) is 2. The fourth-order valence-electron chi connectivity index (χ4n) is 5.06. The lowest BCUT2D eigenvalue weighted by molar-refractivity contribution is -0.133. The molecule has 0 amide bonds. The van der Waals surface area contributed by atoms with Crippen LogP contribution in [0.3, 0.4) is 0 Å². The number of carbonyl (C=O) groups is 2. The van der Waals surface area contributed by atoms with Crippen LogP contribution in [0.2, 0.25) is 0 Å². The predicted molar refractivity (Wildman–Crippen MR) is 100 cm³/mol. The fraction of sp³-hybridized carbons (Fsp3) is 0.333. The maximum atomic E-state index is 11.8. The molecule has 1 saturated carbocycles. The lowest BCUT2D eigenvalue weighted by atomic mass is 9.69. The molecule has 2 bridgehead atoms. The van der Waals surface area contributed by atoms with Gasteiger partial charge in [0.1, 0.15) is 0 Å². The molecule has 0 aromatic carbocycles. The van der Waals surface area contributed by atoms with Crippen molar-refractivity contribution >= 4 is 23.4 Å². The second-order valence-corrected chi connectivity index (χ2v) is 7.44. The van der Waals surface area contributed by atoms with Gasteiger partial charge < -0.3 is 21.0 Å². The first-order chi connectivity index (χ1) is 12.9. The Balaban J connectivity index is 1.90. The van der Waals surface area contributed by atoms with Gasteiger partial charge >= 0.3 is 11.9 Å². The van der Waals surface area contributed by atoms with E-state index in [1.807, 2.05) is 12.2 Å². The lowest BCUT2D eigenvalue weighted by Crippen LogP contribution is -2.30. The molecular weight excluding hydrogens is 344 g/mol. The van der Waals surface area contributed by atoms with Crippen LogP contribution >= 0.6 is 0 Å². The van der Waals surface area contributed by atoms with E-state index in [9.17, 15) is 19.8 Å². The molecule has 0 aromatic rings. The molecule has 27 heavy (non-hydrogen) atoms. The molecule has 6 heteroatoms. The molecule has 0 aliphatic heterocycles. The summed E-state index contributed by atoms with van der Waals surface area (Å²) in [6, 6.07) is 0. The Bertz CT molecular complexity index is 858. The van der Waals surface area contributed by atoms with E-state index >= 15 is 0 Å². The fourth-order valence-corrected chi connectivity index (χ4v) is 5.06. The second kappa shape index (κ2) is 6.30. The Hall–Kier alpha value is -3.02. The highest BCUT2D eigenvalue weighted by Gasteiger charge is 2.49. The van der Waals surface area contributed by atoms with Crippen LogP contribution in [0.15, 0.2) is 58.7 Å². The predicted octanol–water partition coefficient (Wildman–Crippen LogP) is 3.15. The van der Waals surface area contributed by atoms with Gasteiger partial charge in [-0.1, -0.05) is 36.5 Å². The minimum Gasteiger partial charge on any atom is -0.478 e. The third-order valence-electron chi connectivity index (χ3n) is 6.02. The highest BCUT2D eigenvalue weighted by Crippen LogP contribution is 2.56. The molecule has 4 aliphatic rings. The van der Waals surface area contributed by atoms with E-state index in [0.717, 1.165) is 6.42 Å². The zero-order valence-electron chi connectivity index (χ0n) is 14.6. The quantitative estimate of drug-likeness (QED) is 0.572. The smallest absolute Gasteiger partial charge is 0.337 e. The largest absolute Gasteiger partial charge is 0.478 e. The van der Waals surface area contributed by atoms with Gasteiger partial charge in [-0.25, -0.2) is 9.59 Å². The summed E-state index contributed by atoms with van der Waals surface area (Å²) in [7, 11) is 0. The molecule has 0 spiro atoms. The van der Waals surface area contributed by atoms with Crippen LogP contribution < -0.4 is 0 Å². The van der Waals surface area contributed by atoms with Crippen molar-refractivity contribution in [3.05, 3.63) is 58.7 Å².